The Morgan fingerprint density at radius 3 is 2.90 bits per heavy atom. The zero-order valence-corrected chi connectivity index (χ0v) is 12.4. The second-order valence-corrected chi connectivity index (χ2v) is 6.44. The first-order valence-corrected chi connectivity index (χ1v) is 8.02. The van der Waals surface area contributed by atoms with E-state index in [0.29, 0.717) is 11.9 Å². The van der Waals surface area contributed by atoms with E-state index in [-0.39, 0.29) is 11.8 Å². The molecule has 1 heterocycles. The molecule has 3 unspecified atom stereocenters. The Balaban J connectivity index is 1.60. The lowest BCUT2D eigenvalue weighted by molar-refractivity contribution is -0.121. The van der Waals surface area contributed by atoms with Crippen LogP contribution in [0.25, 0.3) is 11.0 Å². The average Bonchev–Trinajstić information content (AvgIpc) is 3.20. The number of nitrogens with zero attached hydrogens (tertiary/aromatic N) is 2. The first-order valence-electron chi connectivity index (χ1n) is 8.02. The largest absolute Gasteiger partial charge is 0.310 e. The third kappa shape index (κ3) is 2.04. The zero-order valence-electron chi connectivity index (χ0n) is 12.4. The maximum atomic E-state index is 12.6. The maximum Gasteiger partial charge on any atom is 0.230 e. The van der Waals surface area contributed by atoms with Gasteiger partial charge in [-0.1, -0.05) is 18.6 Å². The molecule has 0 radical (unpaired) electrons. The van der Waals surface area contributed by atoms with Crippen molar-refractivity contribution >= 4 is 22.9 Å². The SMILES string of the molecule is CCn1c(NC(=O)C2CC3CCC2C3)nc2ccccc21. The van der Waals surface area contributed by atoms with Crippen LogP contribution in [-0.2, 0) is 11.3 Å². The minimum atomic E-state index is 0.173. The highest BCUT2D eigenvalue weighted by molar-refractivity contribution is 5.93. The van der Waals surface area contributed by atoms with Crippen LogP contribution in [0.3, 0.4) is 0 Å². The van der Waals surface area contributed by atoms with Crippen LogP contribution in [0.15, 0.2) is 24.3 Å². The summed E-state index contributed by atoms with van der Waals surface area (Å²) in [5.41, 5.74) is 2.03. The molecule has 1 aromatic heterocycles. The average molecular weight is 283 g/mol. The van der Waals surface area contributed by atoms with Gasteiger partial charge in [-0.3, -0.25) is 10.1 Å². The van der Waals surface area contributed by atoms with Gasteiger partial charge in [0.1, 0.15) is 0 Å². The first kappa shape index (κ1) is 12.9. The summed E-state index contributed by atoms with van der Waals surface area (Å²) in [5.74, 6) is 2.47. The molecule has 0 saturated heterocycles. The van der Waals surface area contributed by atoms with Crippen molar-refractivity contribution in [1.29, 1.82) is 0 Å². The normalized spacial score (nSPS) is 27.4. The number of nitrogens with one attached hydrogen (secondary N) is 1. The number of hydrogen-bond donors (Lipinski definition) is 1. The lowest BCUT2D eigenvalue weighted by Crippen LogP contribution is -2.28. The van der Waals surface area contributed by atoms with Gasteiger partial charge in [0.15, 0.2) is 0 Å². The number of aryl methyl sites for hydroxylation is 1. The highest BCUT2D eigenvalue weighted by Gasteiger charge is 2.43. The summed E-state index contributed by atoms with van der Waals surface area (Å²) in [7, 11) is 0. The maximum absolute atomic E-state index is 12.6. The van der Waals surface area contributed by atoms with Crippen LogP contribution in [0, 0.1) is 17.8 Å². The Bertz CT molecular complexity index is 690. The van der Waals surface area contributed by atoms with Crippen LogP contribution in [0.1, 0.15) is 32.6 Å². The molecule has 2 bridgehead atoms. The third-order valence-corrected chi connectivity index (χ3v) is 5.28. The van der Waals surface area contributed by atoms with E-state index in [1.807, 2.05) is 18.2 Å². The predicted molar refractivity (Wildman–Crippen MR) is 83.0 cm³/mol. The van der Waals surface area contributed by atoms with Gasteiger partial charge in [-0.15, -0.1) is 0 Å². The van der Waals surface area contributed by atoms with Crippen molar-refractivity contribution in [2.24, 2.45) is 17.8 Å². The van der Waals surface area contributed by atoms with E-state index in [4.69, 9.17) is 0 Å². The predicted octanol–water partition coefficient (Wildman–Crippen LogP) is 3.43. The number of aromatic nitrogens is 2. The zero-order chi connectivity index (χ0) is 14.4. The molecular weight excluding hydrogens is 262 g/mol. The topological polar surface area (TPSA) is 46.9 Å². The number of fused-ring (bicyclic) bond motifs is 3. The molecule has 2 aliphatic rings. The highest BCUT2D eigenvalue weighted by Crippen LogP contribution is 2.48. The fourth-order valence-corrected chi connectivity index (χ4v) is 4.26. The van der Waals surface area contributed by atoms with E-state index >= 15 is 0 Å². The Kier molecular flexibility index (Phi) is 2.98. The number of rotatable bonds is 3. The van der Waals surface area contributed by atoms with Crippen LogP contribution in [0.4, 0.5) is 5.95 Å². The number of hydrogen-bond acceptors (Lipinski definition) is 2. The van der Waals surface area contributed by atoms with E-state index < -0.39 is 0 Å². The summed E-state index contributed by atoms with van der Waals surface area (Å²) in [5, 5.41) is 3.09. The molecule has 2 saturated carbocycles. The Hall–Kier alpha value is -1.84. The van der Waals surface area contributed by atoms with Crippen LogP contribution in [0.2, 0.25) is 0 Å². The number of anilines is 1. The second kappa shape index (κ2) is 4.86. The van der Waals surface area contributed by atoms with Crippen molar-refractivity contribution in [3.8, 4) is 0 Å². The molecule has 0 aliphatic heterocycles. The van der Waals surface area contributed by atoms with Crippen LogP contribution in [0.5, 0.6) is 0 Å². The fraction of sp³-hybridized carbons (Fsp3) is 0.529. The van der Waals surface area contributed by atoms with E-state index in [9.17, 15) is 4.79 Å². The van der Waals surface area contributed by atoms with Crippen molar-refractivity contribution in [2.45, 2.75) is 39.2 Å². The molecule has 110 valence electrons. The fourth-order valence-electron chi connectivity index (χ4n) is 4.26. The molecule has 1 amide bonds. The molecule has 4 rings (SSSR count). The minimum absolute atomic E-state index is 0.173. The monoisotopic (exact) mass is 283 g/mol. The molecule has 1 N–H and O–H groups in total. The van der Waals surface area contributed by atoms with Gasteiger partial charge in [-0.05, 0) is 50.2 Å². The Labute approximate surface area is 124 Å². The van der Waals surface area contributed by atoms with Crippen LogP contribution < -0.4 is 5.32 Å². The molecular formula is C17H21N3O. The minimum Gasteiger partial charge on any atom is -0.310 e. The molecule has 2 fully saturated rings. The number of imidazole rings is 1. The van der Waals surface area contributed by atoms with Crippen molar-refractivity contribution in [2.75, 3.05) is 5.32 Å². The summed E-state index contributed by atoms with van der Waals surface area (Å²) in [4.78, 5) is 17.2. The number of para-hydroxylation sites is 2. The van der Waals surface area contributed by atoms with Crippen LogP contribution in [-0.4, -0.2) is 15.5 Å². The molecule has 21 heavy (non-hydrogen) atoms. The second-order valence-electron chi connectivity index (χ2n) is 6.44. The van der Waals surface area contributed by atoms with Crippen molar-refractivity contribution in [1.82, 2.24) is 9.55 Å². The van der Waals surface area contributed by atoms with Crippen molar-refractivity contribution < 1.29 is 4.79 Å². The number of carbonyl (C=O) groups is 1. The summed E-state index contributed by atoms with van der Waals surface area (Å²) in [6.07, 6.45) is 4.88. The first-order chi connectivity index (χ1) is 10.3. The lowest BCUT2D eigenvalue weighted by Gasteiger charge is -2.20. The number of carbonyl (C=O) groups excluding carboxylic acids is 1. The van der Waals surface area contributed by atoms with Gasteiger partial charge < -0.3 is 4.57 Å². The summed E-state index contributed by atoms with van der Waals surface area (Å²) < 4.78 is 2.08. The molecule has 1 aromatic carbocycles. The van der Waals surface area contributed by atoms with Gasteiger partial charge in [0, 0.05) is 12.5 Å². The van der Waals surface area contributed by atoms with Gasteiger partial charge in [0.05, 0.1) is 11.0 Å². The van der Waals surface area contributed by atoms with Gasteiger partial charge in [-0.2, -0.15) is 0 Å². The molecule has 4 nitrogen and oxygen atoms in total. The smallest absolute Gasteiger partial charge is 0.230 e. The lowest BCUT2D eigenvalue weighted by atomic mass is 9.88. The quantitative estimate of drug-likeness (QED) is 0.938. The van der Waals surface area contributed by atoms with E-state index in [2.05, 4.69) is 27.9 Å². The highest BCUT2D eigenvalue weighted by atomic mass is 16.2. The van der Waals surface area contributed by atoms with Gasteiger partial charge in [0.25, 0.3) is 0 Å². The summed E-state index contributed by atoms with van der Waals surface area (Å²) in [6, 6.07) is 8.04. The number of amides is 1. The molecule has 2 aromatic rings. The summed E-state index contributed by atoms with van der Waals surface area (Å²) in [6.45, 7) is 2.90. The number of benzene rings is 1. The third-order valence-electron chi connectivity index (χ3n) is 5.28. The van der Waals surface area contributed by atoms with Gasteiger partial charge >= 0.3 is 0 Å². The molecule has 4 heteroatoms. The van der Waals surface area contributed by atoms with E-state index in [0.717, 1.165) is 29.9 Å². The summed E-state index contributed by atoms with van der Waals surface area (Å²) >= 11 is 0. The molecule has 3 atom stereocenters. The van der Waals surface area contributed by atoms with Crippen molar-refractivity contribution in [3.63, 3.8) is 0 Å². The Morgan fingerprint density at radius 2 is 2.19 bits per heavy atom. The van der Waals surface area contributed by atoms with Crippen molar-refractivity contribution in [3.05, 3.63) is 24.3 Å². The molecule has 2 aliphatic carbocycles. The van der Waals surface area contributed by atoms with E-state index in [1.165, 1.54) is 19.3 Å². The standard InChI is InChI=1S/C17H21N3O/c1-2-20-15-6-4-3-5-14(15)18-17(20)19-16(21)13-10-11-7-8-12(13)9-11/h3-6,11-13H,2,7-10H2,1H3,(H,18,19,21). The van der Waals surface area contributed by atoms with Crippen LogP contribution >= 0.6 is 0 Å². The van der Waals surface area contributed by atoms with Gasteiger partial charge in [-0.25, -0.2) is 4.98 Å². The Morgan fingerprint density at radius 1 is 1.33 bits per heavy atom. The molecule has 0 spiro atoms. The van der Waals surface area contributed by atoms with E-state index in [1.54, 1.807) is 0 Å². The van der Waals surface area contributed by atoms with Gasteiger partial charge in [0.2, 0.25) is 11.9 Å².